The zero-order valence-corrected chi connectivity index (χ0v) is 12.6. The third-order valence-corrected chi connectivity index (χ3v) is 3.59. The van der Waals surface area contributed by atoms with Gasteiger partial charge in [0.2, 0.25) is 0 Å². The first-order chi connectivity index (χ1) is 9.25. The number of likely N-dealkylation sites (tertiary alicyclic amines) is 1. The molecule has 1 saturated heterocycles. The van der Waals surface area contributed by atoms with Gasteiger partial charge in [0.25, 0.3) is 0 Å². The maximum absolute atomic E-state index is 12.7. The number of hydrogen-bond acceptors (Lipinski definition) is 3. The minimum Gasteiger partial charge on any atom is -0.494 e. The largest absolute Gasteiger partial charge is 0.494 e. The molecular weight excluding hydrogens is 279 g/mol. The maximum atomic E-state index is 12.7. The Kier molecular flexibility index (Phi) is 7.88. The van der Waals surface area contributed by atoms with E-state index in [-0.39, 0.29) is 24.4 Å². The van der Waals surface area contributed by atoms with Gasteiger partial charge < -0.3 is 10.5 Å². The van der Waals surface area contributed by atoms with Gasteiger partial charge in [-0.2, -0.15) is 0 Å². The van der Waals surface area contributed by atoms with Crippen molar-refractivity contribution in [1.82, 2.24) is 4.90 Å². The number of nitrogens with two attached hydrogens (primary N) is 1. The first kappa shape index (κ1) is 17.2. The summed E-state index contributed by atoms with van der Waals surface area (Å²) in [4.78, 5) is 2.36. The van der Waals surface area contributed by atoms with E-state index in [9.17, 15) is 4.39 Å². The number of benzene rings is 1. The molecule has 5 heteroatoms. The Balaban J connectivity index is 0.00000200. The quantitative estimate of drug-likeness (QED) is 0.820. The van der Waals surface area contributed by atoms with Crippen LogP contribution in [0.3, 0.4) is 0 Å². The van der Waals surface area contributed by atoms with Crippen LogP contribution in [0, 0.1) is 5.82 Å². The number of hydrogen-bond donors (Lipinski definition) is 1. The van der Waals surface area contributed by atoms with Crippen molar-refractivity contribution in [1.29, 1.82) is 0 Å². The second-order valence-corrected chi connectivity index (χ2v) is 5.11. The fourth-order valence-corrected chi connectivity index (χ4v) is 2.45. The van der Waals surface area contributed by atoms with E-state index in [1.165, 1.54) is 31.4 Å². The number of rotatable bonds is 6. The summed E-state index contributed by atoms with van der Waals surface area (Å²) >= 11 is 0. The third-order valence-electron chi connectivity index (χ3n) is 3.59. The Labute approximate surface area is 126 Å². The lowest BCUT2D eigenvalue weighted by Crippen LogP contribution is -2.44. The zero-order valence-electron chi connectivity index (χ0n) is 11.8. The summed E-state index contributed by atoms with van der Waals surface area (Å²) in [6.45, 7) is 2.88. The van der Waals surface area contributed by atoms with Gasteiger partial charge >= 0.3 is 0 Å². The standard InChI is InChI=1S/C15H23FN2O.ClH/c16-13-6-8-14(9-7-13)19-12-4-5-15(17)18-10-2-1-3-11-18;/h6-9,15H,1-5,10-12,17H2;1H. The van der Waals surface area contributed by atoms with Crippen LogP contribution in [0.1, 0.15) is 32.1 Å². The van der Waals surface area contributed by atoms with Gasteiger partial charge in [-0.05, 0) is 63.0 Å². The van der Waals surface area contributed by atoms with Crippen molar-refractivity contribution >= 4 is 12.4 Å². The van der Waals surface area contributed by atoms with Crippen LogP contribution in [0.25, 0.3) is 0 Å². The van der Waals surface area contributed by atoms with Crippen LogP contribution >= 0.6 is 12.4 Å². The molecule has 20 heavy (non-hydrogen) atoms. The first-order valence-electron chi connectivity index (χ1n) is 7.14. The molecule has 1 aromatic rings. The van der Waals surface area contributed by atoms with Crippen molar-refractivity contribution < 1.29 is 9.13 Å². The van der Waals surface area contributed by atoms with Crippen molar-refractivity contribution in [2.45, 2.75) is 38.3 Å². The summed E-state index contributed by atoms with van der Waals surface area (Å²) in [7, 11) is 0. The van der Waals surface area contributed by atoms with Gasteiger partial charge in [0, 0.05) is 0 Å². The lowest BCUT2D eigenvalue weighted by molar-refractivity contribution is 0.151. The van der Waals surface area contributed by atoms with Crippen LogP contribution in [0.4, 0.5) is 4.39 Å². The molecule has 1 aliphatic rings. The van der Waals surface area contributed by atoms with E-state index >= 15 is 0 Å². The molecule has 1 atom stereocenters. The molecular formula is C15H24ClFN2O. The SMILES string of the molecule is Cl.NC(CCCOc1ccc(F)cc1)N1CCCCC1. The topological polar surface area (TPSA) is 38.5 Å². The summed E-state index contributed by atoms with van der Waals surface area (Å²) in [5, 5.41) is 0. The van der Waals surface area contributed by atoms with Crippen molar-refractivity contribution in [3.05, 3.63) is 30.1 Å². The highest BCUT2D eigenvalue weighted by Gasteiger charge is 2.16. The summed E-state index contributed by atoms with van der Waals surface area (Å²) in [6.07, 6.45) is 5.88. The van der Waals surface area contributed by atoms with Crippen LogP contribution in [0.5, 0.6) is 5.75 Å². The Morgan fingerprint density at radius 3 is 2.45 bits per heavy atom. The molecule has 1 fully saturated rings. The Morgan fingerprint density at radius 2 is 1.80 bits per heavy atom. The molecule has 0 amide bonds. The lowest BCUT2D eigenvalue weighted by Gasteiger charge is -2.32. The van der Waals surface area contributed by atoms with Crippen LogP contribution in [-0.4, -0.2) is 30.8 Å². The van der Waals surface area contributed by atoms with Crippen molar-refractivity contribution in [2.24, 2.45) is 5.73 Å². The Morgan fingerprint density at radius 1 is 1.15 bits per heavy atom. The summed E-state index contributed by atoms with van der Waals surface area (Å²) in [5.74, 6) is 0.479. The van der Waals surface area contributed by atoms with Crippen molar-refractivity contribution in [2.75, 3.05) is 19.7 Å². The molecule has 114 valence electrons. The van der Waals surface area contributed by atoms with E-state index in [1.54, 1.807) is 12.1 Å². The minimum atomic E-state index is -0.237. The monoisotopic (exact) mass is 302 g/mol. The number of ether oxygens (including phenoxy) is 1. The maximum Gasteiger partial charge on any atom is 0.123 e. The molecule has 0 spiro atoms. The highest BCUT2D eigenvalue weighted by Crippen LogP contribution is 2.14. The van der Waals surface area contributed by atoms with Gasteiger partial charge in [-0.3, -0.25) is 4.90 Å². The molecule has 1 unspecified atom stereocenters. The van der Waals surface area contributed by atoms with Crippen molar-refractivity contribution in [3.63, 3.8) is 0 Å². The fraction of sp³-hybridized carbons (Fsp3) is 0.600. The van der Waals surface area contributed by atoms with E-state index < -0.39 is 0 Å². The fourth-order valence-electron chi connectivity index (χ4n) is 2.45. The Bertz CT molecular complexity index is 369. The van der Waals surface area contributed by atoms with E-state index in [4.69, 9.17) is 10.5 Å². The van der Waals surface area contributed by atoms with Crippen LogP contribution in [-0.2, 0) is 0 Å². The van der Waals surface area contributed by atoms with Gasteiger partial charge in [-0.25, -0.2) is 4.39 Å². The van der Waals surface area contributed by atoms with E-state index in [1.807, 2.05) is 0 Å². The first-order valence-corrected chi connectivity index (χ1v) is 7.14. The highest BCUT2D eigenvalue weighted by atomic mass is 35.5. The molecule has 0 aromatic heterocycles. The van der Waals surface area contributed by atoms with Gasteiger partial charge in [-0.15, -0.1) is 12.4 Å². The second-order valence-electron chi connectivity index (χ2n) is 5.11. The van der Waals surface area contributed by atoms with Crippen LogP contribution in [0.2, 0.25) is 0 Å². The molecule has 2 N–H and O–H groups in total. The molecule has 3 nitrogen and oxygen atoms in total. The Hall–Kier alpha value is -0.840. The normalized spacial score (nSPS) is 17.3. The zero-order chi connectivity index (χ0) is 13.5. The van der Waals surface area contributed by atoms with Gasteiger partial charge in [0.15, 0.2) is 0 Å². The van der Waals surface area contributed by atoms with Gasteiger partial charge in [0.1, 0.15) is 11.6 Å². The molecule has 1 heterocycles. The van der Waals surface area contributed by atoms with Gasteiger partial charge in [0.05, 0.1) is 12.8 Å². The van der Waals surface area contributed by atoms with Gasteiger partial charge in [-0.1, -0.05) is 6.42 Å². The summed E-state index contributed by atoms with van der Waals surface area (Å²) in [5.41, 5.74) is 6.17. The number of piperidine rings is 1. The predicted molar refractivity (Wildman–Crippen MR) is 81.8 cm³/mol. The average Bonchev–Trinajstić information content (AvgIpc) is 2.46. The molecule has 2 rings (SSSR count). The molecule has 1 aliphatic heterocycles. The molecule has 0 aliphatic carbocycles. The summed E-state index contributed by atoms with van der Waals surface area (Å²) in [6, 6.07) is 6.13. The highest BCUT2D eigenvalue weighted by molar-refractivity contribution is 5.85. The van der Waals surface area contributed by atoms with Crippen LogP contribution < -0.4 is 10.5 Å². The number of nitrogens with zero attached hydrogens (tertiary/aromatic N) is 1. The molecule has 0 bridgehead atoms. The molecule has 0 radical (unpaired) electrons. The lowest BCUT2D eigenvalue weighted by atomic mass is 10.1. The average molecular weight is 303 g/mol. The second kappa shape index (κ2) is 9.16. The van der Waals surface area contributed by atoms with Crippen LogP contribution in [0.15, 0.2) is 24.3 Å². The molecule has 0 saturated carbocycles. The van der Waals surface area contributed by atoms with E-state index in [2.05, 4.69) is 4.90 Å². The summed E-state index contributed by atoms with van der Waals surface area (Å²) < 4.78 is 18.3. The molecule has 1 aromatic carbocycles. The third kappa shape index (κ3) is 5.65. The van der Waals surface area contributed by atoms with E-state index in [0.717, 1.165) is 25.9 Å². The van der Waals surface area contributed by atoms with E-state index in [0.29, 0.717) is 12.4 Å². The smallest absolute Gasteiger partial charge is 0.123 e. The minimum absolute atomic E-state index is 0. The van der Waals surface area contributed by atoms with Crippen molar-refractivity contribution in [3.8, 4) is 5.75 Å². The predicted octanol–water partition coefficient (Wildman–Crippen LogP) is 3.18. The number of halogens is 2.